The second kappa shape index (κ2) is 5.88. The van der Waals surface area contributed by atoms with Gasteiger partial charge in [-0.25, -0.2) is 0 Å². The summed E-state index contributed by atoms with van der Waals surface area (Å²) in [5, 5.41) is 0. The number of guanidine groups is 1. The summed E-state index contributed by atoms with van der Waals surface area (Å²) in [6.07, 6.45) is 0. The molecule has 0 aliphatic carbocycles. The first-order chi connectivity index (χ1) is 9.60. The van der Waals surface area contributed by atoms with Gasteiger partial charge in [0, 0.05) is 5.56 Å². The molecule has 2 aromatic carbocycles. The van der Waals surface area contributed by atoms with Crippen molar-refractivity contribution in [3.8, 4) is 16.9 Å². The topological polar surface area (TPSA) is 90.7 Å². The molecule has 1 amide bonds. The van der Waals surface area contributed by atoms with Crippen LogP contribution in [0.25, 0.3) is 11.1 Å². The summed E-state index contributed by atoms with van der Waals surface area (Å²) in [5.74, 6) is 0.0756. The first kappa shape index (κ1) is 13.6. The summed E-state index contributed by atoms with van der Waals surface area (Å²) in [6.45, 7) is 0. The predicted molar refractivity (Wildman–Crippen MR) is 78.6 cm³/mol. The fraction of sp³-hybridized carbons (Fsp3) is 0.0667. The highest BCUT2D eigenvalue weighted by Crippen LogP contribution is 2.23. The van der Waals surface area contributed by atoms with Crippen molar-refractivity contribution in [1.29, 1.82) is 0 Å². The van der Waals surface area contributed by atoms with Crippen LogP contribution in [-0.2, 0) is 0 Å². The van der Waals surface area contributed by atoms with Gasteiger partial charge >= 0.3 is 0 Å². The fourth-order valence-electron chi connectivity index (χ4n) is 1.80. The van der Waals surface area contributed by atoms with E-state index in [0.717, 1.165) is 16.9 Å². The molecule has 4 N–H and O–H groups in total. The van der Waals surface area contributed by atoms with Crippen LogP contribution < -0.4 is 16.2 Å². The standard InChI is InChI=1S/C15H15N3O2/c1-20-13-7-5-10(6-8-13)11-3-2-4-12(9-11)14(19)18-15(16)17/h2-9H,1H3,(H4,16,17,18,19). The molecule has 0 radical (unpaired) electrons. The number of nitrogens with zero attached hydrogens (tertiary/aromatic N) is 1. The molecule has 5 heteroatoms. The van der Waals surface area contributed by atoms with Gasteiger partial charge in [-0.05, 0) is 35.4 Å². The number of hydrogen-bond acceptors (Lipinski definition) is 2. The van der Waals surface area contributed by atoms with E-state index in [1.54, 1.807) is 25.3 Å². The second-order valence-corrected chi connectivity index (χ2v) is 4.15. The van der Waals surface area contributed by atoms with Crippen LogP contribution in [0.2, 0.25) is 0 Å². The predicted octanol–water partition coefficient (Wildman–Crippen LogP) is 1.78. The van der Waals surface area contributed by atoms with Crippen LogP contribution in [0.5, 0.6) is 5.75 Å². The molecule has 0 spiro atoms. The summed E-state index contributed by atoms with van der Waals surface area (Å²) < 4.78 is 5.11. The molecule has 5 nitrogen and oxygen atoms in total. The van der Waals surface area contributed by atoms with Gasteiger partial charge in [-0.2, -0.15) is 4.99 Å². The number of aliphatic imine (C=N–C) groups is 1. The molecule has 0 fully saturated rings. The highest BCUT2D eigenvalue weighted by molar-refractivity contribution is 6.02. The molecule has 0 aliphatic heterocycles. The molecule has 0 heterocycles. The van der Waals surface area contributed by atoms with E-state index in [0.29, 0.717) is 5.56 Å². The molecule has 0 aromatic heterocycles. The van der Waals surface area contributed by atoms with E-state index in [-0.39, 0.29) is 5.96 Å². The summed E-state index contributed by atoms with van der Waals surface area (Å²) in [6, 6.07) is 14.7. The average Bonchev–Trinajstić information content (AvgIpc) is 2.47. The number of ether oxygens (including phenoxy) is 1. The molecular weight excluding hydrogens is 254 g/mol. The van der Waals surface area contributed by atoms with Crippen molar-refractivity contribution in [2.75, 3.05) is 7.11 Å². The number of rotatable bonds is 3. The second-order valence-electron chi connectivity index (χ2n) is 4.15. The number of benzene rings is 2. The van der Waals surface area contributed by atoms with Gasteiger partial charge in [0.05, 0.1) is 7.11 Å². The first-order valence-corrected chi connectivity index (χ1v) is 5.98. The van der Waals surface area contributed by atoms with Crippen LogP contribution >= 0.6 is 0 Å². The van der Waals surface area contributed by atoms with E-state index in [4.69, 9.17) is 16.2 Å². The number of carbonyl (C=O) groups excluding carboxylic acids is 1. The Morgan fingerprint density at radius 2 is 1.75 bits per heavy atom. The number of methoxy groups -OCH3 is 1. The average molecular weight is 269 g/mol. The number of amides is 1. The van der Waals surface area contributed by atoms with E-state index in [2.05, 4.69) is 4.99 Å². The van der Waals surface area contributed by atoms with Gasteiger partial charge in [0.25, 0.3) is 5.91 Å². The molecule has 102 valence electrons. The van der Waals surface area contributed by atoms with Crippen LogP contribution in [0, 0.1) is 0 Å². The van der Waals surface area contributed by atoms with Gasteiger partial charge in [0.2, 0.25) is 0 Å². The van der Waals surface area contributed by atoms with Crippen molar-refractivity contribution >= 4 is 11.9 Å². The van der Waals surface area contributed by atoms with Crippen LogP contribution in [0.15, 0.2) is 53.5 Å². The summed E-state index contributed by atoms with van der Waals surface area (Å²) in [4.78, 5) is 15.3. The minimum absolute atomic E-state index is 0.246. The number of hydrogen-bond donors (Lipinski definition) is 2. The van der Waals surface area contributed by atoms with Crippen LogP contribution in [0.1, 0.15) is 10.4 Å². The lowest BCUT2D eigenvalue weighted by molar-refractivity contribution is 0.100. The van der Waals surface area contributed by atoms with Gasteiger partial charge in [0.15, 0.2) is 5.96 Å². The largest absolute Gasteiger partial charge is 0.497 e. The quantitative estimate of drug-likeness (QED) is 0.656. The van der Waals surface area contributed by atoms with E-state index in [1.165, 1.54) is 0 Å². The van der Waals surface area contributed by atoms with Crippen molar-refractivity contribution < 1.29 is 9.53 Å². The Morgan fingerprint density at radius 3 is 2.35 bits per heavy atom. The molecule has 0 unspecified atom stereocenters. The lowest BCUT2D eigenvalue weighted by Gasteiger charge is -2.05. The summed E-state index contributed by atoms with van der Waals surface area (Å²) in [5.41, 5.74) is 12.7. The van der Waals surface area contributed by atoms with Gasteiger partial charge in [-0.1, -0.05) is 24.3 Å². The summed E-state index contributed by atoms with van der Waals surface area (Å²) in [7, 11) is 1.61. The maximum Gasteiger partial charge on any atom is 0.280 e. The number of nitrogens with two attached hydrogens (primary N) is 2. The van der Waals surface area contributed by atoms with Crippen molar-refractivity contribution in [1.82, 2.24) is 0 Å². The monoisotopic (exact) mass is 269 g/mol. The Hall–Kier alpha value is -2.82. The minimum Gasteiger partial charge on any atom is -0.497 e. The Bertz CT molecular complexity index is 644. The zero-order valence-corrected chi connectivity index (χ0v) is 11.0. The Labute approximate surface area is 116 Å². The van der Waals surface area contributed by atoms with Crippen LogP contribution in [0.3, 0.4) is 0 Å². The molecule has 2 aromatic rings. The number of carbonyl (C=O) groups is 1. The lowest BCUT2D eigenvalue weighted by Crippen LogP contribution is -2.24. The first-order valence-electron chi connectivity index (χ1n) is 5.98. The Kier molecular flexibility index (Phi) is 4.00. The highest BCUT2D eigenvalue weighted by Gasteiger charge is 2.06. The van der Waals surface area contributed by atoms with Crippen LogP contribution in [0.4, 0.5) is 0 Å². The summed E-state index contributed by atoms with van der Waals surface area (Å²) >= 11 is 0. The molecule has 0 saturated carbocycles. The van der Waals surface area contributed by atoms with Gasteiger partial charge < -0.3 is 16.2 Å². The third-order valence-electron chi connectivity index (χ3n) is 2.76. The SMILES string of the molecule is COc1ccc(-c2cccc(C(=O)N=C(N)N)c2)cc1. The Balaban J connectivity index is 2.33. The lowest BCUT2D eigenvalue weighted by atomic mass is 10.0. The van der Waals surface area contributed by atoms with Crippen molar-refractivity contribution in [3.63, 3.8) is 0 Å². The van der Waals surface area contributed by atoms with Crippen molar-refractivity contribution in [2.45, 2.75) is 0 Å². The fourth-order valence-corrected chi connectivity index (χ4v) is 1.80. The van der Waals surface area contributed by atoms with Crippen molar-refractivity contribution in [2.24, 2.45) is 16.5 Å². The van der Waals surface area contributed by atoms with Crippen LogP contribution in [-0.4, -0.2) is 19.0 Å². The molecule has 0 aliphatic rings. The zero-order chi connectivity index (χ0) is 14.5. The van der Waals surface area contributed by atoms with Gasteiger partial charge in [0.1, 0.15) is 5.75 Å². The van der Waals surface area contributed by atoms with E-state index < -0.39 is 5.91 Å². The molecular formula is C15H15N3O2. The van der Waals surface area contributed by atoms with Gasteiger partial charge in [-0.15, -0.1) is 0 Å². The molecule has 2 rings (SSSR count). The van der Waals surface area contributed by atoms with E-state index >= 15 is 0 Å². The Morgan fingerprint density at radius 1 is 1.05 bits per heavy atom. The van der Waals surface area contributed by atoms with Gasteiger partial charge in [-0.3, -0.25) is 4.79 Å². The molecule has 0 atom stereocenters. The third-order valence-corrected chi connectivity index (χ3v) is 2.76. The van der Waals surface area contributed by atoms with E-state index in [1.807, 2.05) is 30.3 Å². The minimum atomic E-state index is -0.458. The molecule has 20 heavy (non-hydrogen) atoms. The zero-order valence-electron chi connectivity index (χ0n) is 11.0. The normalized spacial score (nSPS) is 9.85. The molecule has 0 saturated heterocycles. The third kappa shape index (κ3) is 3.14. The smallest absolute Gasteiger partial charge is 0.280 e. The highest BCUT2D eigenvalue weighted by atomic mass is 16.5. The molecule has 0 bridgehead atoms. The maximum atomic E-state index is 11.8. The van der Waals surface area contributed by atoms with Crippen molar-refractivity contribution in [3.05, 3.63) is 54.1 Å². The van der Waals surface area contributed by atoms with E-state index in [9.17, 15) is 4.79 Å². The maximum absolute atomic E-state index is 11.8.